The summed E-state index contributed by atoms with van der Waals surface area (Å²) < 4.78 is 0. The van der Waals surface area contributed by atoms with Gasteiger partial charge in [0.1, 0.15) is 0 Å². The van der Waals surface area contributed by atoms with E-state index in [9.17, 15) is 14.7 Å². The average Bonchev–Trinajstić information content (AvgIpc) is 2.76. The molecule has 5 N–H and O–H groups in total. The Hall–Kier alpha value is -1.18. The van der Waals surface area contributed by atoms with E-state index in [1.165, 1.54) is 12.8 Å². The maximum absolute atomic E-state index is 11.2. The summed E-state index contributed by atoms with van der Waals surface area (Å²) in [7, 11) is 0. The van der Waals surface area contributed by atoms with Crippen LogP contribution in [0.3, 0.4) is 0 Å². The molecule has 0 aromatic rings. The molecule has 31 heavy (non-hydrogen) atoms. The van der Waals surface area contributed by atoms with Crippen LogP contribution in [0.4, 0.5) is 0 Å². The number of carbonyl (C=O) groups is 2. The summed E-state index contributed by atoms with van der Waals surface area (Å²) in [6.45, 7) is 3.52. The molecule has 1 unspecified atom stereocenters. The van der Waals surface area contributed by atoms with Gasteiger partial charge in [-0.2, -0.15) is 0 Å². The number of aliphatic carboxylic acids is 2. The molecule has 0 bridgehead atoms. The first-order valence-corrected chi connectivity index (χ1v) is 12.1. The fraction of sp³-hybridized carbons (Fsp3) is 0.917. The van der Waals surface area contributed by atoms with Crippen LogP contribution >= 0.6 is 0 Å². The summed E-state index contributed by atoms with van der Waals surface area (Å²) in [4.78, 5) is 21.6. The van der Waals surface area contributed by atoms with Crippen molar-refractivity contribution in [3.8, 4) is 0 Å². The highest BCUT2D eigenvalue weighted by Gasteiger charge is 2.24. The lowest BCUT2D eigenvalue weighted by Gasteiger charge is -2.24. The monoisotopic (exact) mass is 448 g/mol. The van der Waals surface area contributed by atoms with Gasteiger partial charge >= 0.3 is 11.9 Å². The molecule has 0 rings (SSSR count). The molecule has 0 fully saturated rings. The largest absolute Gasteiger partial charge is 0.481 e. The Labute approximate surface area is 188 Å². The summed E-state index contributed by atoms with van der Waals surface area (Å²) in [5.41, 5.74) is -0.667. The third-order valence-electron chi connectivity index (χ3n) is 5.95. The van der Waals surface area contributed by atoms with Crippen molar-refractivity contribution in [2.75, 3.05) is 19.8 Å². The van der Waals surface area contributed by atoms with Gasteiger partial charge in [0.25, 0.3) is 0 Å². The lowest BCUT2D eigenvalue weighted by Crippen LogP contribution is -2.32. The number of unbranched alkanes of at least 4 members (excludes halogenated alkanes) is 9. The van der Waals surface area contributed by atoms with Crippen molar-refractivity contribution in [2.24, 2.45) is 11.3 Å². The molecule has 186 valence electrons. The molecule has 0 aromatic heterocycles. The van der Waals surface area contributed by atoms with Gasteiger partial charge in [0.2, 0.25) is 0 Å². The zero-order valence-corrected chi connectivity index (χ0v) is 19.9. The van der Waals surface area contributed by atoms with E-state index in [4.69, 9.17) is 20.4 Å². The fourth-order valence-electron chi connectivity index (χ4n) is 3.25. The zero-order chi connectivity index (χ0) is 24.0. The second-order valence-corrected chi connectivity index (χ2v) is 8.62. The SMILES string of the molecule is CCC(CO)(CO)CO.CCCCCCC(CCCCCCCCCC(=O)O)C(=O)O. The van der Waals surface area contributed by atoms with Crippen molar-refractivity contribution in [3.63, 3.8) is 0 Å². The number of hydrogen-bond acceptors (Lipinski definition) is 5. The van der Waals surface area contributed by atoms with Crippen molar-refractivity contribution in [1.82, 2.24) is 0 Å². The predicted molar refractivity (Wildman–Crippen MR) is 123 cm³/mol. The highest BCUT2D eigenvalue weighted by atomic mass is 16.4. The normalized spacial score (nSPS) is 12.2. The van der Waals surface area contributed by atoms with Gasteiger partial charge in [-0.1, -0.05) is 78.1 Å². The van der Waals surface area contributed by atoms with Crippen LogP contribution in [0, 0.1) is 11.3 Å². The van der Waals surface area contributed by atoms with Gasteiger partial charge in [-0.15, -0.1) is 0 Å². The maximum Gasteiger partial charge on any atom is 0.306 e. The van der Waals surface area contributed by atoms with E-state index in [1.807, 2.05) is 6.92 Å². The molecule has 7 heteroatoms. The molecule has 0 heterocycles. The lowest BCUT2D eigenvalue weighted by molar-refractivity contribution is -0.142. The Balaban J connectivity index is 0. The highest BCUT2D eigenvalue weighted by molar-refractivity contribution is 5.69. The van der Waals surface area contributed by atoms with Crippen LogP contribution in [-0.4, -0.2) is 57.3 Å². The minimum Gasteiger partial charge on any atom is -0.481 e. The number of hydrogen-bond donors (Lipinski definition) is 5. The summed E-state index contributed by atoms with van der Waals surface area (Å²) in [6.07, 6.45) is 14.3. The summed E-state index contributed by atoms with van der Waals surface area (Å²) >= 11 is 0. The molecular weight excluding hydrogens is 400 g/mol. The van der Waals surface area contributed by atoms with Crippen molar-refractivity contribution in [1.29, 1.82) is 0 Å². The third kappa shape index (κ3) is 19.2. The second-order valence-electron chi connectivity index (χ2n) is 8.62. The first kappa shape index (κ1) is 32.0. The van der Waals surface area contributed by atoms with E-state index in [0.29, 0.717) is 6.42 Å². The van der Waals surface area contributed by atoms with Crippen molar-refractivity contribution in [3.05, 3.63) is 0 Å². The van der Waals surface area contributed by atoms with E-state index in [1.54, 1.807) is 0 Å². The van der Waals surface area contributed by atoms with E-state index in [0.717, 1.165) is 70.6 Å². The molecule has 0 aliphatic carbocycles. The highest BCUT2D eigenvalue weighted by Crippen LogP contribution is 2.19. The van der Waals surface area contributed by atoms with Gasteiger partial charge < -0.3 is 25.5 Å². The molecule has 0 saturated carbocycles. The molecule has 0 spiro atoms. The lowest BCUT2D eigenvalue weighted by atomic mass is 9.88. The van der Waals surface area contributed by atoms with Crippen LogP contribution in [-0.2, 0) is 9.59 Å². The van der Waals surface area contributed by atoms with Gasteiger partial charge in [0, 0.05) is 11.8 Å². The Bertz CT molecular complexity index is 405. The maximum atomic E-state index is 11.2. The number of rotatable bonds is 20. The van der Waals surface area contributed by atoms with Crippen LogP contribution < -0.4 is 0 Å². The summed E-state index contributed by atoms with van der Waals surface area (Å²) in [6, 6.07) is 0. The number of aliphatic hydroxyl groups is 3. The van der Waals surface area contributed by atoms with E-state index in [-0.39, 0.29) is 32.2 Å². The molecule has 1 atom stereocenters. The Morgan fingerprint density at radius 1 is 0.677 bits per heavy atom. The van der Waals surface area contributed by atoms with Gasteiger partial charge in [0.15, 0.2) is 0 Å². The van der Waals surface area contributed by atoms with Gasteiger partial charge in [0.05, 0.1) is 25.7 Å². The average molecular weight is 449 g/mol. The Kier molecular flexibility index (Phi) is 22.7. The second kappa shape index (κ2) is 22.0. The van der Waals surface area contributed by atoms with Crippen molar-refractivity contribution in [2.45, 2.75) is 110 Å². The predicted octanol–water partition coefficient (Wildman–Crippen LogP) is 4.61. The summed E-state index contributed by atoms with van der Waals surface area (Å²) in [5.74, 6) is -1.50. The van der Waals surface area contributed by atoms with E-state index in [2.05, 4.69) is 6.92 Å². The smallest absolute Gasteiger partial charge is 0.306 e. The quantitative estimate of drug-likeness (QED) is 0.172. The molecule has 0 aliphatic rings. The fourth-order valence-corrected chi connectivity index (χ4v) is 3.25. The van der Waals surface area contributed by atoms with Crippen LogP contribution in [0.5, 0.6) is 0 Å². The molecule has 0 radical (unpaired) electrons. The standard InChI is InChI=1S/C18H34O4.C6H14O3/c1-2-3-4-10-13-16(18(21)22)14-11-8-6-5-7-9-12-15-17(19)20;1-2-6(3-7,4-8)5-9/h16H,2-15H2,1H3,(H,19,20)(H,21,22);7-9H,2-5H2,1H3. The molecule has 0 amide bonds. The van der Waals surface area contributed by atoms with Gasteiger partial charge in [-0.05, 0) is 25.7 Å². The van der Waals surface area contributed by atoms with Crippen LogP contribution in [0.25, 0.3) is 0 Å². The first-order chi connectivity index (χ1) is 14.8. The molecule has 0 saturated heterocycles. The molecule has 0 aliphatic heterocycles. The molecule has 7 nitrogen and oxygen atoms in total. The molecule has 0 aromatic carbocycles. The number of aliphatic hydroxyl groups excluding tert-OH is 3. The van der Waals surface area contributed by atoms with E-state index >= 15 is 0 Å². The number of carboxylic acids is 2. The van der Waals surface area contributed by atoms with Crippen LogP contribution in [0.1, 0.15) is 110 Å². The first-order valence-electron chi connectivity index (χ1n) is 12.1. The van der Waals surface area contributed by atoms with Crippen LogP contribution in [0.2, 0.25) is 0 Å². The Morgan fingerprint density at radius 3 is 1.42 bits per heavy atom. The topological polar surface area (TPSA) is 135 Å². The van der Waals surface area contributed by atoms with Gasteiger partial charge in [-0.3, -0.25) is 9.59 Å². The number of carboxylic acid groups (broad SMARTS) is 2. The van der Waals surface area contributed by atoms with Gasteiger partial charge in [-0.25, -0.2) is 0 Å². The minimum absolute atomic E-state index is 0.156. The molecular formula is C24H48O7. The van der Waals surface area contributed by atoms with Crippen molar-refractivity contribution >= 4 is 11.9 Å². The Morgan fingerprint density at radius 2 is 1.10 bits per heavy atom. The van der Waals surface area contributed by atoms with Crippen molar-refractivity contribution < 1.29 is 35.1 Å². The minimum atomic E-state index is -0.710. The third-order valence-corrected chi connectivity index (χ3v) is 5.95. The zero-order valence-electron chi connectivity index (χ0n) is 19.9. The van der Waals surface area contributed by atoms with E-state index < -0.39 is 17.4 Å². The van der Waals surface area contributed by atoms with Crippen LogP contribution in [0.15, 0.2) is 0 Å². The summed E-state index contributed by atoms with van der Waals surface area (Å²) in [5, 5.41) is 43.7.